The van der Waals surface area contributed by atoms with Crippen molar-refractivity contribution < 1.29 is 97.1 Å². The molecule has 17 unspecified atom stereocenters. The van der Waals surface area contributed by atoms with Gasteiger partial charge in [-0.25, -0.2) is 0 Å². The van der Waals surface area contributed by atoms with Crippen LogP contribution in [0.2, 0.25) is 0 Å². The lowest BCUT2D eigenvalue weighted by molar-refractivity contribution is -0.143. The maximum absolute atomic E-state index is 15.1. The van der Waals surface area contributed by atoms with E-state index in [4.69, 9.17) is 50.6 Å². The van der Waals surface area contributed by atoms with Crippen molar-refractivity contribution in [2.75, 3.05) is 45.8 Å². The number of phenolic OH excluding ortho intramolecular Hbond substituents is 3. The van der Waals surface area contributed by atoms with Crippen LogP contribution in [-0.2, 0) is 96.0 Å². The van der Waals surface area contributed by atoms with Crippen molar-refractivity contribution in [1.82, 2.24) is 95.3 Å². The second-order valence-corrected chi connectivity index (χ2v) is 35.4. The molecule has 17 atom stereocenters. The van der Waals surface area contributed by atoms with Gasteiger partial charge in [0.1, 0.15) is 95.8 Å². The molecule has 0 radical (unpaired) electrons. The molecule has 0 aromatic heterocycles. The fraction of sp³-hybridized carbons (Fsp3) is 0.593. The predicted octanol–water partition coefficient (Wildman–Crippen LogP) is -4.91. The van der Waals surface area contributed by atoms with Gasteiger partial charge in [-0.05, 0) is 193 Å². The van der Waals surface area contributed by atoms with Crippen LogP contribution in [0.5, 0.6) is 17.2 Å². The van der Waals surface area contributed by atoms with Crippen molar-refractivity contribution in [1.29, 1.82) is 16.2 Å². The van der Waals surface area contributed by atoms with Gasteiger partial charge in [0.25, 0.3) is 0 Å². The van der Waals surface area contributed by atoms with Gasteiger partial charge < -0.3 is 150 Å². The maximum Gasteiger partial charge on any atom is 0.245 e. The van der Waals surface area contributed by atoms with E-state index in [0.29, 0.717) is 29.5 Å². The Hall–Kier alpha value is -13.7. The van der Waals surface area contributed by atoms with E-state index in [0.717, 1.165) is 0 Å². The number of likely N-dealkylation sites (tertiary alicyclic amines) is 1. The van der Waals surface area contributed by atoms with E-state index < -0.39 is 228 Å². The molecule has 5 rings (SSSR count). The summed E-state index contributed by atoms with van der Waals surface area (Å²) in [5.74, 6) is -17.2. The average molecular weight is 1940 g/mol. The summed E-state index contributed by atoms with van der Waals surface area (Å²) in [5, 5.41) is 109. The molecule has 47 nitrogen and oxygen atoms in total. The molecule has 47 heteroatoms. The number of aromatic hydroxyl groups is 3. The number of carbonyl (C=O) groups excluding carboxylic acids is 16. The topological polar surface area (TPSA) is 789 Å². The fourth-order valence-electron chi connectivity index (χ4n) is 15.4. The van der Waals surface area contributed by atoms with Crippen LogP contribution in [0.4, 0.5) is 0 Å². The standard InChI is InChI=1S/C91H145N27O20/c1-8-50(5)72-85(135)110-62(19-11-13-39-101-70(123)37-36-64(81(131)114-68(83(133)115-72)47-55-28-34-58(122)35-29-55)108-78(128)61(20-14-40-102-89(95)96)106-71(124)48-105-77(127)60(18-10-12-38-92)107-76(126)59(93)45-53-24-30-56(120)31-25-53)80(130)113-67(44-49(3)4)82(132)116-73(51(6)9-2)86(136)117-74(52(7)119)87(137)111-65(22-16-42-104-91(99)100)88(138)118-43-17-23-69(118)84(134)109-63(21-15-41-103-90(97)98)79(129)112-66(75(94)125)46-54-26-32-57(121)33-27-54/h24-35,49-52,59-69,72-74,119-122H,8-23,36-48,92-93H2,1-7H3,(H2,94,125)(H,101,123)(H,105,127)(H,106,124)(H,107,126)(H,108,128)(H,109,134)(H,110,135)(H,111,137)(H,112,129)(H,113,130)(H,114,131)(H,115,133)(H,116,132)(H,117,136)(H4,95,96,102)(H4,97,98,103)(H4,99,100,104). The van der Waals surface area contributed by atoms with Crippen molar-refractivity contribution in [3.63, 3.8) is 0 Å². The van der Waals surface area contributed by atoms with Gasteiger partial charge in [0.15, 0.2) is 17.9 Å². The first-order valence-corrected chi connectivity index (χ1v) is 46.9. The lowest BCUT2D eigenvalue weighted by atomic mass is 9.95. The number of unbranched alkanes of at least 4 members (excludes halogenated alkanes) is 1. The zero-order chi connectivity index (χ0) is 102. The lowest BCUT2D eigenvalue weighted by Gasteiger charge is -2.32. The van der Waals surface area contributed by atoms with E-state index in [-0.39, 0.29) is 184 Å². The van der Waals surface area contributed by atoms with Gasteiger partial charge in [0.05, 0.1) is 18.7 Å². The summed E-state index contributed by atoms with van der Waals surface area (Å²) in [6, 6.07) is -2.81. The first-order chi connectivity index (χ1) is 65.4. The molecular weight excluding hydrogens is 1790 g/mol. The largest absolute Gasteiger partial charge is 0.508 e. The minimum absolute atomic E-state index is 0.00176. The molecule has 0 spiro atoms. The van der Waals surface area contributed by atoms with Gasteiger partial charge in [-0.3, -0.25) is 92.9 Å². The molecule has 2 aliphatic rings. The van der Waals surface area contributed by atoms with E-state index in [2.05, 4.69) is 90.4 Å². The smallest absolute Gasteiger partial charge is 0.245 e. The number of carbonyl (C=O) groups is 16. The van der Waals surface area contributed by atoms with Gasteiger partial charge >= 0.3 is 0 Å². The molecule has 3 aromatic carbocycles. The molecule has 16 amide bonds. The quantitative estimate of drug-likeness (QED) is 0.0143. The molecule has 3 aromatic rings. The Balaban J connectivity index is 1.39. The van der Waals surface area contributed by atoms with Crippen molar-refractivity contribution >= 4 is 112 Å². The Morgan fingerprint density at radius 3 is 1.54 bits per heavy atom. The van der Waals surface area contributed by atoms with Crippen LogP contribution in [0.1, 0.15) is 187 Å². The normalized spacial score (nSPS) is 18.7. The molecule has 2 fully saturated rings. The highest BCUT2D eigenvalue weighted by atomic mass is 16.3. The summed E-state index contributed by atoms with van der Waals surface area (Å²) in [6.45, 7) is 11.0. The van der Waals surface area contributed by atoms with Gasteiger partial charge in [-0.1, -0.05) is 90.8 Å². The number of aliphatic hydroxyl groups excluding tert-OH is 1. The van der Waals surface area contributed by atoms with Crippen molar-refractivity contribution in [3.05, 3.63) is 89.5 Å². The van der Waals surface area contributed by atoms with Gasteiger partial charge in [-0.2, -0.15) is 0 Å². The summed E-state index contributed by atoms with van der Waals surface area (Å²) in [7, 11) is 0. The highest BCUT2D eigenvalue weighted by Crippen LogP contribution is 2.24. The highest BCUT2D eigenvalue weighted by molar-refractivity contribution is 6.01. The third-order valence-corrected chi connectivity index (χ3v) is 23.6. The monoisotopic (exact) mass is 1940 g/mol. The number of guanidine groups is 3. The molecular formula is C91H145N27O20. The first kappa shape index (κ1) is 115. The number of primary amides is 1. The Bertz CT molecular complexity index is 4590. The van der Waals surface area contributed by atoms with Gasteiger partial charge in [0.2, 0.25) is 94.5 Å². The molecule has 0 bridgehead atoms. The highest BCUT2D eigenvalue weighted by Gasteiger charge is 2.43. The molecule has 2 aliphatic heterocycles. The van der Waals surface area contributed by atoms with Crippen molar-refractivity contribution in [3.8, 4) is 17.2 Å². The number of rotatable bonds is 51. The van der Waals surface area contributed by atoms with E-state index in [9.17, 15) is 82.8 Å². The van der Waals surface area contributed by atoms with Crippen LogP contribution in [-0.4, -0.2) is 274 Å². The summed E-state index contributed by atoms with van der Waals surface area (Å²) in [4.78, 5) is 232. The second kappa shape index (κ2) is 59.3. The van der Waals surface area contributed by atoms with Crippen molar-refractivity contribution in [2.45, 2.75) is 280 Å². The van der Waals surface area contributed by atoms with Crippen molar-refractivity contribution in [2.24, 2.45) is 52.2 Å². The zero-order valence-electron chi connectivity index (χ0n) is 79.6. The number of hydrogen-bond donors (Lipinski definition) is 30. The van der Waals surface area contributed by atoms with Gasteiger partial charge in [-0.15, -0.1) is 0 Å². The molecule has 36 N–H and O–H groups in total. The number of phenols is 3. The number of nitrogens with two attached hydrogens (primary N) is 6. The fourth-order valence-corrected chi connectivity index (χ4v) is 15.4. The van der Waals surface area contributed by atoms with E-state index in [1.54, 1.807) is 53.7 Å². The van der Waals surface area contributed by atoms with Crippen LogP contribution in [0.15, 0.2) is 72.8 Å². The number of hydrogen-bond acceptors (Lipinski definition) is 25. The zero-order valence-corrected chi connectivity index (χ0v) is 79.6. The number of nitrogens with one attached hydrogen (secondary N) is 20. The number of aliphatic hydroxyl groups is 1. The van der Waals surface area contributed by atoms with E-state index in [1.165, 1.54) is 72.5 Å². The summed E-state index contributed by atoms with van der Waals surface area (Å²) >= 11 is 0. The molecule has 0 saturated carbocycles. The number of benzene rings is 3. The predicted molar refractivity (Wildman–Crippen MR) is 510 cm³/mol. The summed E-state index contributed by atoms with van der Waals surface area (Å²) in [5.41, 5.74) is 35.8. The Kier molecular flexibility index (Phi) is 49.3. The summed E-state index contributed by atoms with van der Waals surface area (Å²) < 4.78 is 0. The van der Waals surface area contributed by atoms with Crippen LogP contribution in [0.3, 0.4) is 0 Å². The minimum atomic E-state index is -1.85. The lowest BCUT2D eigenvalue weighted by Crippen LogP contribution is -2.63. The molecule has 764 valence electrons. The minimum Gasteiger partial charge on any atom is -0.508 e. The molecule has 2 heterocycles. The number of nitrogens with zero attached hydrogens (tertiary/aromatic N) is 1. The Labute approximate surface area is 802 Å². The van der Waals surface area contributed by atoms with Crippen LogP contribution >= 0.6 is 0 Å². The number of amides is 16. The van der Waals surface area contributed by atoms with E-state index >= 15 is 14.4 Å². The van der Waals surface area contributed by atoms with Crippen LogP contribution in [0, 0.1) is 34.0 Å². The van der Waals surface area contributed by atoms with Crippen LogP contribution < -0.4 is 125 Å². The molecule has 2 saturated heterocycles. The first-order valence-electron chi connectivity index (χ1n) is 46.9. The van der Waals surface area contributed by atoms with Crippen LogP contribution in [0.25, 0.3) is 0 Å². The summed E-state index contributed by atoms with van der Waals surface area (Å²) in [6.07, 6.45) is -1.27. The third-order valence-electron chi connectivity index (χ3n) is 23.6. The molecule has 0 aliphatic carbocycles. The Morgan fingerprint density at radius 1 is 0.493 bits per heavy atom. The van der Waals surface area contributed by atoms with Gasteiger partial charge in [0, 0.05) is 52.0 Å². The molecule has 138 heavy (non-hydrogen) atoms. The second-order valence-electron chi connectivity index (χ2n) is 35.4. The Morgan fingerprint density at radius 2 is 1.00 bits per heavy atom. The maximum atomic E-state index is 15.1. The third kappa shape index (κ3) is 40.7. The average Bonchev–Trinajstić information content (AvgIpc) is 1.56. The SMILES string of the molecule is CCC(C)C1NC(=O)C(Cc2ccc(O)cc2)NC(=O)C(NC(=O)C(CCCNC(=N)N)NC(=O)CNC(=O)C(CCCCN)NC(=O)C(N)Cc2ccc(O)cc2)CCC(=O)NCCCCC(C(=O)NC(CC(C)C)C(=O)NC(C(=O)NC(C(=O)NC(CCCNC(=N)N)C(=O)N2CCCC2C(=O)NC(CCCNC(=N)N)C(=O)NC(Cc2ccc(O)cc2)C(N)=O)C(C)O)C(C)CC)NC1=O. The van der Waals surface area contributed by atoms with E-state index in [1.807, 2.05) is 0 Å².